The summed E-state index contributed by atoms with van der Waals surface area (Å²) in [5.41, 5.74) is 0.922. The summed E-state index contributed by atoms with van der Waals surface area (Å²) in [6.07, 6.45) is 1.35. The highest BCUT2D eigenvalue weighted by molar-refractivity contribution is 5.86. The first-order valence-corrected chi connectivity index (χ1v) is 6.93. The van der Waals surface area contributed by atoms with E-state index in [9.17, 15) is 9.59 Å². The Morgan fingerprint density at radius 2 is 2.10 bits per heavy atom. The first kappa shape index (κ1) is 14.5. The van der Waals surface area contributed by atoms with Crippen molar-refractivity contribution in [3.63, 3.8) is 0 Å². The van der Waals surface area contributed by atoms with Crippen molar-refractivity contribution in [2.75, 3.05) is 19.6 Å². The van der Waals surface area contributed by atoms with E-state index in [4.69, 9.17) is 4.74 Å². The maximum Gasteiger partial charge on any atom is 0.407 e. The third-order valence-corrected chi connectivity index (χ3v) is 3.37. The smallest absolute Gasteiger partial charge is 0.407 e. The number of hydrogen-bond acceptors (Lipinski definition) is 4. The number of benzene rings is 1. The van der Waals surface area contributed by atoms with Gasteiger partial charge < -0.3 is 15.4 Å². The number of ether oxygens (including phenoxy) is 1. The Kier molecular flexibility index (Phi) is 5.55. The monoisotopic (exact) mass is 276 g/mol. The molecule has 0 aromatic heterocycles. The number of hydrogen-bond donors (Lipinski definition) is 2. The Bertz CT molecular complexity index is 442. The Labute approximate surface area is 118 Å². The second kappa shape index (κ2) is 7.65. The Balaban J connectivity index is 1.65. The molecule has 1 atom stereocenters. The summed E-state index contributed by atoms with van der Waals surface area (Å²) in [7, 11) is 0. The largest absolute Gasteiger partial charge is 0.445 e. The standard InChI is InChI=1S/C15H20N2O3/c18-14(13-7-4-8-16-9-13)10-17-15(19)20-11-12-5-2-1-3-6-12/h1-3,5-6,13,16H,4,7-11H2,(H,17,19)/t13-/m0/s1. The SMILES string of the molecule is O=C(NCC(=O)[C@H]1CCCNC1)OCc1ccccc1. The minimum atomic E-state index is -0.550. The summed E-state index contributed by atoms with van der Waals surface area (Å²) in [6, 6.07) is 9.44. The summed E-state index contributed by atoms with van der Waals surface area (Å²) >= 11 is 0. The minimum Gasteiger partial charge on any atom is -0.445 e. The quantitative estimate of drug-likeness (QED) is 0.855. The molecule has 0 radical (unpaired) electrons. The molecule has 0 spiro atoms. The van der Waals surface area contributed by atoms with Crippen LogP contribution in [0, 0.1) is 5.92 Å². The number of nitrogens with one attached hydrogen (secondary N) is 2. The number of carbonyl (C=O) groups excluding carboxylic acids is 2. The van der Waals surface area contributed by atoms with Crippen molar-refractivity contribution in [2.24, 2.45) is 5.92 Å². The Hall–Kier alpha value is -1.88. The molecule has 1 aliphatic heterocycles. The average molecular weight is 276 g/mol. The van der Waals surface area contributed by atoms with Gasteiger partial charge >= 0.3 is 6.09 Å². The van der Waals surface area contributed by atoms with Crippen LogP contribution in [0.5, 0.6) is 0 Å². The van der Waals surface area contributed by atoms with E-state index in [1.165, 1.54) is 0 Å². The van der Waals surface area contributed by atoms with Crippen molar-refractivity contribution < 1.29 is 14.3 Å². The zero-order valence-corrected chi connectivity index (χ0v) is 11.4. The van der Waals surface area contributed by atoms with Gasteiger partial charge in [-0.3, -0.25) is 4.79 Å². The fraction of sp³-hybridized carbons (Fsp3) is 0.467. The van der Waals surface area contributed by atoms with Crippen LogP contribution in [0.2, 0.25) is 0 Å². The predicted octanol–water partition coefficient (Wildman–Crippen LogP) is 1.48. The van der Waals surface area contributed by atoms with Crippen molar-refractivity contribution in [3.8, 4) is 0 Å². The topological polar surface area (TPSA) is 67.4 Å². The van der Waals surface area contributed by atoms with Crippen LogP contribution in [0.1, 0.15) is 18.4 Å². The van der Waals surface area contributed by atoms with E-state index in [1.807, 2.05) is 30.3 Å². The van der Waals surface area contributed by atoms with Gasteiger partial charge in [-0.25, -0.2) is 4.79 Å². The molecule has 0 aliphatic carbocycles. The number of alkyl carbamates (subject to hydrolysis) is 1. The average Bonchev–Trinajstić information content (AvgIpc) is 2.52. The number of ketones is 1. The molecular weight excluding hydrogens is 256 g/mol. The number of amides is 1. The lowest BCUT2D eigenvalue weighted by Crippen LogP contribution is -2.40. The van der Waals surface area contributed by atoms with Crippen molar-refractivity contribution in [2.45, 2.75) is 19.4 Å². The lowest BCUT2D eigenvalue weighted by molar-refractivity contribution is -0.122. The molecule has 2 rings (SSSR count). The van der Waals surface area contributed by atoms with Gasteiger partial charge in [-0.1, -0.05) is 30.3 Å². The molecule has 2 N–H and O–H groups in total. The van der Waals surface area contributed by atoms with Gasteiger partial charge in [0.1, 0.15) is 6.61 Å². The van der Waals surface area contributed by atoms with Gasteiger partial charge in [-0.05, 0) is 24.9 Å². The molecule has 0 bridgehead atoms. The van der Waals surface area contributed by atoms with Crippen LogP contribution in [-0.2, 0) is 16.1 Å². The summed E-state index contributed by atoms with van der Waals surface area (Å²) in [6.45, 7) is 1.93. The van der Waals surface area contributed by atoms with Gasteiger partial charge in [0.05, 0.1) is 6.54 Å². The molecule has 1 amide bonds. The summed E-state index contributed by atoms with van der Waals surface area (Å²) in [5.74, 6) is 0.0760. The zero-order valence-electron chi connectivity index (χ0n) is 11.4. The van der Waals surface area contributed by atoms with Crippen LogP contribution in [0.25, 0.3) is 0 Å². The fourth-order valence-electron chi connectivity index (χ4n) is 2.20. The van der Waals surface area contributed by atoms with E-state index in [0.717, 1.165) is 24.9 Å². The highest BCUT2D eigenvalue weighted by Crippen LogP contribution is 2.10. The zero-order chi connectivity index (χ0) is 14.2. The van der Waals surface area contributed by atoms with E-state index < -0.39 is 6.09 Å². The van der Waals surface area contributed by atoms with E-state index in [-0.39, 0.29) is 24.9 Å². The third kappa shape index (κ3) is 4.66. The number of Topliss-reactive ketones (excluding diaryl/α,β-unsaturated/α-hetero) is 1. The van der Waals surface area contributed by atoms with Crippen LogP contribution < -0.4 is 10.6 Å². The van der Waals surface area contributed by atoms with Gasteiger partial charge in [0, 0.05) is 12.5 Å². The van der Waals surface area contributed by atoms with Crippen LogP contribution >= 0.6 is 0 Å². The van der Waals surface area contributed by atoms with E-state index in [2.05, 4.69) is 10.6 Å². The number of piperidine rings is 1. The first-order chi connectivity index (χ1) is 9.75. The predicted molar refractivity (Wildman–Crippen MR) is 75.2 cm³/mol. The lowest BCUT2D eigenvalue weighted by atomic mass is 9.95. The molecule has 0 unspecified atom stereocenters. The van der Waals surface area contributed by atoms with Crippen molar-refractivity contribution in [1.82, 2.24) is 10.6 Å². The summed E-state index contributed by atoms with van der Waals surface area (Å²) in [5, 5.41) is 5.70. The molecule has 1 saturated heterocycles. The number of carbonyl (C=O) groups is 2. The van der Waals surface area contributed by atoms with Gasteiger partial charge in [0.15, 0.2) is 5.78 Å². The maximum atomic E-state index is 11.9. The summed E-state index contributed by atoms with van der Waals surface area (Å²) < 4.78 is 5.05. The van der Waals surface area contributed by atoms with Gasteiger partial charge in [0.2, 0.25) is 0 Å². The molecular formula is C15H20N2O3. The van der Waals surface area contributed by atoms with Gasteiger partial charge in [-0.15, -0.1) is 0 Å². The lowest BCUT2D eigenvalue weighted by Gasteiger charge is -2.21. The molecule has 108 valence electrons. The van der Waals surface area contributed by atoms with Gasteiger partial charge in [0.25, 0.3) is 0 Å². The van der Waals surface area contributed by atoms with Crippen LogP contribution in [0.15, 0.2) is 30.3 Å². The molecule has 1 aromatic carbocycles. The van der Waals surface area contributed by atoms with Crippen molar-refractivity contribution >= 4 is 11.9 Å². The Morgan fingerprint density at radius 1 is 1.30 bits per heavy atom. The second-order valence-electron chi connectivity index (χ2n) is 4.92. The van der Waals surface area contributed by atoms with Crippen molar-refractivity contribution in [3.05, 3.63) is 35.9 Å². The third-order valence-electron chi connectivity index (χ3n) is 3.37. The second-order valence-corrected chi connectivity index (χ2v) is 4.92. The van der Waals surface area contributed by atoms with E-state index in [0.29, 0.717) is 6.54 Å². The molecule has 1 aliphatic rings. The molecule has 5 nitrogen and oxygen atoms in total. The molecule has 1 fully saturated rings. The highest BCUT2D eigenvalue weighted by atomic mass is 16.5. The van der Waals surface area contributed by atoms with Crippen molar-refractivity contribution in [1.29, 1.82) is 0 Å². The first-order valence-electron chi connectivity index (χ1n) is 6.93. The van der Waals surface area contributed by atoms with Gasteiger partial charge in [-0.2, -0.15) is 0 Å². The van der Waals surface area contributed by atoms with E-state index >= 15 is 0 Å². The molecule has 1 aromatic rings. The summed E-state index contributed by atoms with van der Waals surface area (Å²) in [4.78, 5) is 23.4. The van der Waals surface area contributed by atoms with Crippen LogP contribution in [0.3, 0.4) is 0 Å². The minimum absolute atomic E-state index is 0.0122. The number of rotatable bonds is 5. The molecule has 5 heteroatoms. The molecule has 0 saturated carbocycles. The van der Waals surface area contributed by atoms with Crippen LogP contribution in [0.4, 0.5) is 4.79 Å². The maximum absolute atomic E-state index is 11.9. The highest BCUT2D eigenvalue weighted by Gasteiger charge is 2.21. The van der Waals surface area contributed by atoms with Crippen LogP contribution in [-0.4, -0.2) is 31.5 Å². The Morgan fingerprint density at radius 3 is 2.80 bits per heavy atom. The molecule has 1 heterocycles. The normalized spacial score (nSPS) is 18.3. The fourth-order valence-corrected chi connectivity index (χ4v) is 2.20. The molecule has 20 heavy (non-hydrogen) atoms. The van der Waals surface area contributed by atoms with E-state index in [1.54, 1.807) is 0 Å².